The van der Waals surface area contributed by atoms with Crippen LogP contribution in [0, 0.1) is 0 Å². The molecule has 0 aliphatic rings. The standard InChI is InChI=1S/C12H15BrN2O3S2/c1-14-8-9-2-5-12(18-9)20(16,17)15-7-6-10-3-4-11(13)19-10/h2-5,14-15H,6-8H2,1H3. The summed E-state index contributed by atoms with van der Waals surface area (Å²) in [6, 6.07) is 7.05. The second-order valence-electron chi connectivity index (χ2n) is 4.10. The highest BCUT2D eigenvalue weighted by molar-refractivity contribution is 9.11. The fourth-order valence-corrected chi connectivity index (χ4v) is 4.10. The van der Waals surface area contributed by atoms with E-state index in [9.17, 15) is 8.42 Å². The first-order valence-corrected chi connectivity index (χ1v) is 9.08. The highest BCUT2D eigenvalue weighted by atomic mass is 79.9. The quantitative estimate of drug-likeness (QED) is 0.775. The topological polar surface area (TPSA) is 71.3 Å². The van der Waals surface area contributed by atoms with Crippen molar-refractivity contribution < 1.29 is 12.8 Å². The van der Waals surface area contributed by atoms with Gasteiger partial charge in [0.25, 0.3) is 10.0 Å². The molecule has 0 aliphatic carbocycles. The van der Waals surface area contributed by atoms with Gasteiger partial charge in [-0.05, 0) is 53.7 Å². The van der Waals surface area contributed by atoms with Crippen LogP contribution in [0.2, 0.25) is 0 Å². The molecule has 2 N–H and O–H groups in total. The van der Waals surface area contributed by atoms with E-state index in [1.807, 2.05) is 12.1 Å². The van der Waals surface area contributed by atoms with Crippen molar-refractivity contribution in [2.24, 2.45) is 0 Å². The van der Waals surface area contributed by atoms with Gasteiger partial charge in [0, 0.05) is 11.4 Å². The Morgan fingerprint density at radius 3 is 2.75 bits per heavy atom. The van der Waals surface area contributed by atoms with Crippen LogP contribution in [0.25, 0.3) is 0 Å². The molecule has 0 fully saturated rings. The number of hydrogen-bond donors (Lipinski definition) is 2. The molecule has 2 aromatic heterocycles. The third-order valence-corrected chi connectivity index (χ3v) is 5.56. The Bertz CT molecular complexity index is 664. The fourth-order valence-electron chi connectivity index (χ4n) is 1.64. The second-order valence-corrected chi connectivity index (χ2v) is 8.35. The van der Waals surface area contributed by atoms with Crippen molar-refractivity contribution in [1.29, 1.82) is 0 Å². The van der Waals surface area contributed by atoms with E-state index in [0.29, 0.717) is 25.3 Å². The summed E-state index contributed by atoms with van der Waals surface area (Å²) in [5.74, 6) is 0.593. The van der Waals surface area contributed by atoms with Gasteiger partial charge < -0.3 is 9.73 Å². The Morgan fingerprint density at radius 1 is 1.30 bits per heavy atom. The predicted octanol–water partition coefficient (Wildman–Crippen LogP) is 2.34. The minimum atomic E-state index is -3.57. The maximum Gasteiger partial charge on any atom is 0.273 e. The smallest absolute Gasteiger partial charge is 0.273 e. The average molecular weight is 379 g/mol. The summed E-state index contributed by atoms with van der Waals surface area (Å²) in [6.07, 6.45) is 0.652. The highest BCUT2D eigenvalue weighted by Crippen LogP contribution is 2.22. The minimum Gasteiger partial charge on any atom is -0.447 e. The monoisotopic (exact) mass is 378 g/mol. The summed E-state index contributed by atoms with van der Waals surface area (Å²) in [6.45, 7) is 0.843. The van der Waals surface area contributed by atoms with Gasteiger partial charge in [0.1, 0.15) is 5.76 Å². The van der Waals surface area contributed by atoms with Crippen LogP contribution < -0.4 is 10.0 Å². The van der Waals surface area contributed by atoms with E-state index >= 15 is 0 Å². The normalized spacial score (nSPS) is 11.9. The molecule has 0 saturated heterocycles. The molecule has 20 heavy (non-hydrogen) atoms. The Kier molecular flexibility index (Phi) is 5.39. The van der Waals surface area contributed by atoms with Crippen LogP contribution in [-0.4, -0.2) is 22.0 Å². The first-order chi connectivity index (χ1) is 9.51. The number of sulfonamides is 1. The molecule has 2 heterocycles. The lowest BCUT2D eigenvalue weighted by Gasteiger charge is -2.03. The molecular weight excluding hydrogens is 364 g/mol. The van der Waals surface area contributed by atoms with Crippen LogP contribution in [0.4, 0.5) is 0 Å². The second kappa shape index (κ2) is 6.86. The van der Waals surface area contributed by atoms with E-state index in [4.69, 9.17) is 4.42 Å². The maximum absolute atomic E-state index is 12.0. The molecule has 0 saturated carbocycles. The lowest BCUT2D eigenvalue weighted by Crippen LogP contribution is -2.25. The van der Waals surface area contributed by atoms with Crippen molar-refractivity contribution >= 4 is 37.3 Å². The third kappa shape index (κ3) is 4.16. The summed E-state index contributed by atoms with van der Waals surface area (Å²) in [7, 11) is -1.80. The van der Waals surface area contributed by atoms with Crippen LogP contribution in [0.5, 0.6) is 0 Å². The van der Waals surface area contributed by atoms with Gasteiger partial charge in [-0.15, -0.1) is 11.3 Å². The molecule has 0 bridgehead atoms. The summed E-state index contributed by atoms with van der Waals surface area (Å²) in [5, 5.41) is 2.86. The van der Waals surface area contributed by atoms with Gasteiger partial charge in [-0.2, -0.15) is 0 Å². The van der Waals surface area contributed by atoms with E-state index in [1.54, 1.807) is 24.5 Å². The van der Waals surface area contributed by atoms with Gasteiger partial charge in [0.15, 0.2) is 0 Å². The van der Waals surface area contributed by atoms with Gasteiger partial charge in [-0.1, -0.05) is 0 Å². The number of nitrogens with one attached hydrogen (secondary N) is 2. The summed E-state index contributed by atoms with van der Waals surface area (Å²) in [5.41, 5.74) is 0. The lowest BCUT2D eigenvalue weighted by molar-refractivity contribution is 0.404. The van der Waals surface area contributed by atoms with Crippen molar-refractivity contribution in [3.63, 3.8) is 0 Å². The van der Waals surface area contributed by atoms with E-state index < -0.39 is 10.0 Å². The molecule has 0 amide bonds. The molecule has 0 atom stereocenters. The first-order valence-electron chi connectivity index (χ1n) is 5.98. The molecule has 8 heteroatoms. The maximum atomic E-state index is 12.0. The Balaban J connectivity index is 1.92. The Labute approximate surface area is 130 Å². The summed E-state index contributed by atoms with van der Waals surface area (Å²) < 4.78 is 32.9. The van der Waals surface area contributed by atoms with Crippen LogP contribution >= 0.6 is 27.3 Å². The number of hydrogen-bond acceptors (Lipinski definition) is 5. The molecule has 0 radical (unpaired) electrons. The van der Waals surface area contributed by atoms with Crippen LogP contribution in [0.1, 0.15) is 10.6 Å². The molecule has 110 valence electrons. The minimum absolute atomic E-state index is 0.0462. The molecule has 0 aromatic carbocycles. The van der Waals surface area contributed by atoms with Gasteiger partial charge in [-0.25, -0.2) is 13.1 Å². The van der Waals surface area contributed by atoms with E-state index in [2.05, 4.69) is 26.0 Å². The Morgan fingerprint density at radius 2 is 2.10 bits per heavy atom. The van der Waals surface area contributed by atoms with E-state index in [-0.39, 0.29) is 5.09 Å². The fraction of sp³-hybridized carbons (Fsp3) is 0.333. The van der Waals surface area contributed by atoms with Gasteiger partial charge in [0.05, 0.1) is 10.3 Å². The highest BCUT2D eigenvalue weighted by Gasteiger charge is 2.18. The van der Waals surface area contributed by atoms with Crippen molar-refractivity contribution in [1.82, 2.24) is 10.0 Å². The van der Waals surface area contributed by atoms with Crippen molar-refractivity contribution in [2.75, 3.05) is 13.6 Å². The zero-order valence-corrected chi connectivity index (χ0v) is 14.1. The largest absolute Gasteiger partial charge is 0.447 e. The van der Waals surface area contributed by atoms with Crippen molar-refractivity contribution in [3.8, 4) is 0 Å². The van der Waals surface area contributed by atoms with Crippen molar-refractivity contribution in [3.05, 3.63) is 38.7 Å². The predicted molar refractivity (Wildman–Crippen MR) is 82.4 cm³/mol. The van der Waals surface area contributed by atoms with E-state index in [0.717, 1.165) is 8.66 Å². The van der Waals surface area contributed by atoms with Gasteiger partial charge in [-0.3, -0.25) is 0 Å². The number of rotatable bonds is 7. The summed E-state index contributed by atoms with van der Waals surface area (Å²) in [4.78, 5) is 1.12. The zero-order valence-electron chi connectivity index (χ0n) is 10.8. The number of thiophene rings is 1. The van der Waals surface area contributed by atoms with Crippen LogP contribution in [0.15, 0.2) is 37.6 Å². The molecule has 0 aliphatic heterocycles. The van der Waals surface area contributed by atoms with Gasteiger partial charge in [0.2, 0.25) is 5.09 Å². The SMILES string of the molecule is CNCc1ccc(S(=O)(=O)NCCc2ccc(Br)s2)o1. The molecule has 5 nitrogen and oxygen atoms in total. The lowest BCUT2D eigenvalue weighted by atomic mass is 10.3. The Hall–Kier alpha value is -0.670. The molecule has 2 aromatic rings. The van der Waals surface area contributed by atoms with Gasteiger partial charge >= 0.3 is 0 Å². The first kappa shape index (κ1) is 15.7. The summed E-state index contributed by atoms with van der Waals surface area (Å²) >= 11 is 4.97. The average Bonchev–Trinajstić information content (AvgIpc) is 2.99. The van der Waals surface area contributed by atoms with Crippen LogP contribution in [-0.2, 0) is 23.0 Å². The van der Waals surface area contributed by atoms with Crippen molar-refractivity contribution in [2.45, 2.75) is 18.1 Å². The molecule has 0 unspecified atom stereocenters. The zero-order chi connectivity index (χ0) is 14.6. The molecule has 2 rings (SSSR count). The number of halogens is 1. The number of furan rings is 1. The molecular formula is C12H15BrN2O3S2. The van der Waals surface area contributed by atoms with Crippen LogP contribution in [0.3, 0.4) is 0 Å². The molecule has 0 spiro atoms. The van der Waals surface area contributed by atoms with E-state index in [1.165, 1.54) is 6.07 Å². The third-order valence-electron chi connectivity index (χ3n) is 2.55.